The maximum absolute atomic E-state index is 12.5. The number of rotatable bonds is 8. The molecule has 0 unspecified atom stereocenters. The lowest BCUT2D eigenvalue weighted by Crippen LogP contribution is -2.42. The van der Waals surface area contributed by atoms with Gasteiger partial charge in [-0.1, -0.05) is 4.98 Å². The van der Waals surface area contributed by atoms with Crippen LogP contribution in [-0.4, -0.2) is 111 Å². The molecule has 35 heavy (non-hydrogen) atoms. The van der Waals surface area contributed by atoms with E-state index in [4.69, 9.17) is 9.47 Å². The van der Waals surface area contributed by atoms with Gasteiger partial charge in [-0.2, -0.15) is 0 Å². The standard InChI is InChI=1S/C23H40N6O6/c1-22(2,3)34-19(30)17-26-11-9-25(15-16-28-8-7-24-21(28)29(32)33)10-12-27(14-13-26)18-20(31)35-23(4,5)6/h7-8H,9-18H2,1-6H3. The molecule has 0 saturated carbocycles. The monoisotopic (exact) mass is 496 g/mol. The van der Waals surface area contributed by atoms with Gasteiger partial charge >= 0.3 is 17.9 Å². The summed E-state index contributed by atoms with van der Waals surface area (Å²) in [4.78, 5) is 45.6. The molecule has 0 spiro atoms. The lowest BCUT2D eigenvalue weighted by atomic mass is 10.2. The Morgan fingerprint density at radius 3 is 1.69 bits per heavy atom. The first-order valence-corrected chi connectivity index (χ1v) is 12.0. The van der Waals surface area contributed by atoms with Gasteiger partial charge in [0.05, 0.1) is 19.6 Å². The van der Waals surface area contributed by atoms with E-state index in [9.17, 15) is 19.7 Å². The number of ether oxygens (including phenoxy) is 2. The number of imidazole rings is 1. The third kappa shape index (κ3) is 11.1. The SMILES string of the molecule is CC(C)(C)OC(=O)CN1CCN(CCn2ccnc2[N+](=O)[O-])CCN(CC(=O)OC(C)(C)C)CC1. The molecule has 1 aromatic rings. The van der Waals surface area contributed by atoms with Crippen molar-refractivity contribution in [2.24, 2.45) is 0 Å². The Kier molecular flexibility index (Phi) is 10.2. The van der Waals surface area contributed by atoms with Gasteiger partial charge < -0.3 is 19.6 Å². The maximum atomic E-state index is 12.5. The van der Waals surface area contributed by atoms with Crippen LogP contribution in [0.5, 0.6) is 0 Å². The molecule has 0 bridgehead atoms. The third-order valence-electron chi connectivity index (χ3n) is 5.26. The van der Waals surface area contributed by atoms with Crippen molar-refractivity contribution in [2.45, 2.75) is 59.3 Å². The Morgan fingerprint density at radius 1 is 0.857 bits per heavy atom. The topological polar surface area (TPSA) is 123 Å². The minimum atomic E-state index is -0.564. The molecular formula is C23H40N6O6. The van der Waals surface area contributed by atoms with E-state index in [1.807, 2.05) is 51.3 Å². The van der Waals surface area contributed by atoms with Gasteiger partial charge in [0, 0.05) is 45.8 Å². The molecule has 1 saturated heterocycles. The highest BCUT2D eigenvalue weighted by molar-refractivity contribution is 5.72. The summed E-state index contributed by atoms with van der Waals surface area (Å²) in [6, 6.07) is 0. The van der Waals surface area contributed by atoms with E-state index in [0.29, 0.717) is 52.4 Å². The van der Waals surface area contributed by atoms with E-state index in [1.165, 1.54) is 10.8 Å². The fraction of sp³-hybridized carbons (Fsp3) is 0.783. The molecule has 12 nitrogen and oxygen atoms in total. The fourth-order valence-corrected chi connectivity index (χ4v) is 3.73. The molecule has 12 heteroatoms. The van der Waals surface area contributed by atoms with Crippen LogP contribution in [0.25, 0.3) is 0 Å². The molecule has 0 aliphatic carbocycles. The van der Waals surface area contributed by atoms with Gasteiger partial charge in [0.1, 0.15) is 23.6 Å². The average Bonchev–Trinajstić information content (AvgIpc) is 3.18. The summed E-state index contributed by atoms with van der Waals surface area (Å²) >= 11 is 0. The predicted octanol–water partition coefficient (Wildman–Crippen LogP) is 1.39. The van der Waals surface area contributed by atoms with Crippen molar-refractivity contribution in [2.75, 3.05) is 58.9 Å². The molecule has 1 aliphatic heterocycles. The Bertz CT molecular complexity index is 817. The van der Waals surface area contributed by atoms with Gasteiger partial charge in [-0.3, -0.25) is 24.3 Å². The van der Waals surface area contributed by atoms with Crippen LogP contribution in [0.3, 0.4) is 0 Å². The maximum Gasteiger partial charge on any atom is 0.434 e. The number of hydrogen-bond acceptors (Lipinski definition) is 10. The minimum Gasteiger partial charge on any atom is -0.459 e. The second kappa shape index (κ2) is 12.4. The molecule has 2 heterocycles. The highest BCUT2D eigenvalue weighted by atomic mass is 16.6. The molecule has 1 aromatic heterocycles. The fourth-order valence-electron chi connectivity index (χ4n) is 3.73. The molecule has 1 fully saturated rings. The number of esters is 2. The molecule has 0 atom stereocenters. The normalized spacial score (nSPS) is 17.3. The van der Waals surface area contributed by atoms with Crippen LogP contribution < -0.4 is 0 Å². The summed E-state index contributed by atoms with van der Waals surface area (Å²) in [7, 11) is 0. The highest BCUT2D eigenvalue weighted by Crippen LogP contribution is 2.11. The van der Waals surface area contributed by atoms with E-state index in [-0.39, 0.29) is 31.0 Å². The second-order valence-corrected chi connectivity index (χ2v) is 10.7. The van der Waals surface area contributed by atoms with E-state index in [0.717, 1.165) is 0 Å². The molecule has 0 amide bonds. The Balaban J connectivity index is 2.07. The first kappa shape index (κ1) is 28.7. The lowest BCUT2D eigenvalue weighted by Gasteiger charge is -2.27. The first-order chi connectivity index (χ1) is 16.2. The van der Waals surface area contributed by atoms with Gasteiger partial charge in [0.25, 0.3) is 0 Å². The molecular weight excluding hydrogens is 456 g/mol. The largest absolute Gasteiger partial charge is 0.459 e. The summed E-state index contributed by atoms with van der Waals surface area (Å²) in [5, 5.41) is 11.2. The van der Waals surface area contributed by atoms with E-state index < -0.39 is 16.1 Å². The van der Waals surface area contributed by atoms with Gasteiger partial charge in [-0.15, -0.1) is 0 Å². The van der Waals surface area contributed by atoms with Crippen LogP contribution in [0.4, 0.5) is 5.95 Å². The van der Waals surface area contributed by atoms with Gasteiger partial charge in [-0.25, -0.2) is 4.57 Å². The van der Waals surface area contributed by atoms with Crippen molar-refractivity contribution < 1.29 is 24.0 Å². The van der Waals surface area contributed by atoms with Gasteiger partial charge in [0.2, 0.25) is 0 Å². The summed E-state index contributed by atoms with van der Waals surface area (Å²) in [6.45, 7) is 16.1. The molecule has 0 radical (unpaired) electrons. The van der Waals surface area contributed by atoms with Crippen LogP contribution in [0.2, 0.25) is 0 Å². The predicted molar refractivity (Wildman–Crippen MR) is 130 cm³/mol. The summed E-state index contributed by atoms with van der Waals surface area (Å²) < 4.78 is 12.5. The van der Waals surface area contributed by atoms with Crippen LogP contribution >= 0.6 is 0 Å². The number of carbonyl (C=O) groups excluding carboxylic acids is 2. The first-order valence-electron chi connectivity index (χ1n) is 12.0. The van der Waals surface area contributed by atoms with Crippen LogP contribution in [0, 0.1) is 10.1 Å². The Morgan fingerprint density at radius 2 is 1.29 bits per heavy atom. The van der Waals surface area contributed by atoms with Gasteiger partial charge in [0.15, 0.2) is 0 Å². The number of nitrogens with zero attached hydrogens (tertiary/aromatic N) is 6. The minimum absolute atomic E-state index is 0.151. The van der Waals surface area contributed by atoms with Crippen molar-refractivity contribution in [1.29, 1.82) is 0 Å². The van der Waals surface area contributed by atoms with E-state index in [1.54, 1.807) is 6.20 Å². The average molecular weight is 497 g/mol. The zero-order chi connectivity index (χ0) is 26.2. The quantitative estimate of drug-likeness (QED) is 0.296. The number of hydrogen-bond donors (Lipinski definition) is 0. The highest BCUT2D eigenvalue weighted by Gasteiger charge is 2.24. The van der Waals surface area contributed by atoms with E-state index in [2.05, 4.69) is 9.88 Å². The number of nitro groups is 1. The summed E-state index contributed by atoms with van der Waals surface area (Å²) in [6.07, 6.45) is 3.01. The number of aromatic nitrogens is 2. The smallest absolute Gasteiger partial charge is 0.434 e. The third-order valence-corrected chi connectivity index (χ3v) is 5.26. The zero-order valence-electron chi connectivity index (χ0n) is 21.9. The summed E-state index contributed by atoms with van der Waals surface area (Å²) in [5.41, 5.74) is -1.13. The van der Waals surface area contributed by atoms with Crippen molar-refractivity contribution in [3.8, 4) is 0 Å². The molecule has 1 aliphatic rings. The molecule has 198 valence electrons. The van der Waals surface area contributed by atoms with Crippen LogP contribution in [0.1, 0.15) is 41.5 Å². The zero-order valence-corrected chi connectivity index (χ0v) is 21.9. The van der Waals surface area contributed by atoms with E-state index >= 15 is 0 Å². The lowest BCUT2D eigenvalue weighted by molar-refractivity contribution is -0.396. The molecule has 0 aromatic carbocycles. The van der Waals surface area contributed by atoms with Crippen LogP contribution in [-0.2, 0) is 25.6 Å². The Hall–Kier alpha value is -2.57. The molecule has 0 N–H and O–H groups in total. The van der Waals surface area contributed by atoms with Gasteiger partial charge in [-0.05, 0) is 46.5 Å². The van der Waals surface area contributed by atoms with Crippen molar-refractivity contribution >= 4 is 17.9 Å². The second-order valence-electron chi connectivity index (χ2n) is 10.7. The Labute approximate surface area is 207 Å². The molecule has 2 rings (SSSR count). The van der Waals surface area contributed by atoms with Crippen molar-refractivity contribution in [1.82, 2.24) is 24.3 Å². The van der Waals surface area contributed by atoms with Crippen molar-refractivity contribution in [3.05, 3.63) is 22.5 Å². The van der Waals surface area contributed by atoms with Crippen molar-refractivity contribution in [3.63, 3.8) is 0 Å². The number of carbonyl (C=O) groups is 2. The summed E-state index contributed by atoms with van der Waals surface area (Å²) in [5.74, 6) is -0.778. The van der Waals surface area contributed by atoms with Crippen LogP contribution in [0.15, 0.2) is 12.4 Å².